The summed E-state index contributed by atoms with van der Waals surface area (Å²) >= 11 is 0. The van der Waals surface area contributed by atoms with Crippen molar-refractivity contribution in [1.82, 2.24) is 0 Å². The maximum atomic E-state index is 10.4. The van der Waals surface area contributed by atoms with Crippen molar-refractivity contribution in [2.24, 2.45) is 11.8 Å². The Labute approximate surface area is 227 Å². The zero-order chi connectivity index (χ0) is 19.2. The van der Waals surface area contributed by atoms with Crippen LogP contribution in [0.25, 0.3) is 0 Å². The van der Waals surface area contributed by atoms with Gasteiger partial charge in [-0.2, -0.15) is 15.9 Å². The fourth-order valence-electron chi connectivity index (χ4n) is 2.47. The van der Waals surface area contributed by atoms with E-state index in [4.69, 9.17) is 0 Å². The van der Waals surface area contributed by atoms with Crippen molar-refractivity contribution in [1.29, 1.82) is 0 Å². The van der Waals surface area contributed by atoms with Crippen LogP contribution in [0.4, 0.5) is 0 Å². The smallest absolute Gasteiger partial charge is 0.688 e. The fraction of sp³-hybridized carbons (Fsp3) is 1.00. The summed E-state index contributed by atoms with van der Waals surface area (Å²) in [5.41, 5.74) is 0. The summed E-state index contributed by atoms with van der Waals surface area (Å²) in [4.78, 5) is 62.6. The SMILES string of the molecule is CCCCC(CC)C[P+]([O-])([O-])[O-].CCCCC(CC)C[P+]([O-])([O-])[O-].[Nd+3].[Nd+3]. The van der Waals surface area contributed by atoms with E-state index in [1.165, 1.54) is 0 Å². The van der Waals surface area contributed by atoms with Gasteiger partial charge in [0.2, 0.25) is 0 Å². The number of hydrogen-bond donors (Lipinski definition) is 0. The molecule has 0 fully saturated rings. The molecule has 0 heterocycles. The molecule has 0 spiro atoms. The van der Waals surface area contributed by atoms with Gasteiger partial charge in [0.25, 0.3) is 0 Å². The molecule has 0 aromatic carbocycles. The first-order valence-corrected chi connectivity index (χ1v) is 12.5. The number of hydrogen-bond acceptors (Lipinski definition) is 6. The fourth-order valence-corrected chi connectivity index (χ4v) is 4.61. The average Bonchev–Trinajstić information content (AvgIpc) is 2.46. The van der Waals surface area contributed by atoms with Crippen LogP contribution in [0, 0.1) is 93.5 Å². The average molecular weight is 673 g/mol. The van der Waals surface area contributed by atoms with Gasteiger partial charge in [0, 0.05) is 12.3 Å². The van der Waals surface area contributed by atoms with Gasteiger partial charge in [-0.1, -0.05) is 53.4 Å². The molecule has 2 atom stereocenters. The van der Waals surface area contributed by atoms with Crippen LogP contribution >= 0.6 is 15.9 Å². The first kappa shape index (κ1) is 36.7. The van der Waals surface area contributed by atoms with E-state index in [1.807, 2.05) is 13.8 Å². The van der Waals surface area contributed by atoms with Gasteiger partial charge < -0.3 is 29.4 Å². The first-order valence-electron chi connectivity index (χ1n) is 9.01. The minimum atomic E-state index is -4.28. The van der Waals surface area contributed by atoms with Crippen LogP contribution in [0.5, 0.6) is 0 Å². The molecule has 10 heteroatoms. The number of unbranched alkanes of at least 4 members (excludes halogenated alkanes) is 2. The van der Waals surface area contributed by atoms with Crippen LogP contribution in [0.3, 0.4) is 0 Å². The Kier molecular flexibility index (Phi) is 30.4. The molecule has 0 bridgehead atoms. The maximum absolute atomic E-state index is 10.4. The summed E-state index contributed by atoms with van der Waals surface area (Å²) in [5, 5.41) is 0. The van der Waals surface area contributed by atoms with E-state index >= 15 is 0 Å². The first-order chi connectivity index (χ1) is 11.0. The third-order valence-corrected chi connectivity index (χ3v) is 5.98. The second kappa shape index (κ2) is 21.5. The van der Waals surface area contributed by atoms with Crippen LogP contribution in [0.2, 0.25) is 0 Å². The molecular formula is C16H34Nd2O6P2+2. The molecule has 0 aromatic rings. The molecular weight excluding hydrogens is 639 g/mol. The Bertz CT molecular complexity index is 261. The van der Waals surface area contributed by atoms with Gasteiger partial charge in [0.15, 0.2) is 0 Å². The van der Waals surface area contributed by atoms with Crippen molar-refractivity contribution >= 4 is 15.9 Å². The van der Waals surface area contributed by atoms with E-state index in [-0.39, 0.29) is 106 Å². The molecule has 0 amide bonds. The summed E-state index contributed by atoms with van der Waals surface area (Å²) in [6, 6.07) is 0. The molecule has 2 radical (unpaired) electrons. The van der Waals surface area contributed by atoms with Gasteiger partial charge in [0.1, 0.15) is 0 Å². The van der Waals surface area contributed by atoms with Crippen LogP contribution in [0.15, 0.2) is 0 Å². The van der Waals surface area contributed by atoms with E-state index in [1.54, 1.807) is 0 Å². The van der Waals surface area contributed by atoms with Gasteiger partial charge in [-0.15, -0.1) is 0 Å². The van der Waals surface area contributed by atoms with Crippen LogP contribution in [0.1, 0.15) is 79.1 Å². The second-order valence-corrected chi connectivity index (χ2v) is 9.59. The predicted octanol–water partition coefficient (Wildman–Crippen LogP) is 0.0926. The molecule has 6 nitrogen and oxygen atoms in total. The van der Waals surface area contributed by atoms with Crippen molar-refractivity contribution in [3.63, 3.8) is 0 Å². The Hall–Kier alpha value is 3.32. The molecule has 0 rings (SSSR count). The van der Waals surface area contributed by atoms with Crippen LogP contribution in [-0.2, 0) is 0 Å². The van der Waals surface area contributed by atoms with Crippen molar-refractivity contribution in [2.75, 3.05) is 12.3 Å². The zero-order valence-corrected chi connectivity index (χ0v) is 24.8. The zero-order valence-electron chi connectivity index (χ0n) is 16.6. The van der Waals surface area contributed by atoms with Gasteiger partial charge >= 0.3 is 81.7 Å². The topological polar surface area (TPSA) is 138 Å². The van der Waals surface area contributed by atoms with Gasteiger partial charge in [-0.3, -0.25) is 0 Å². The normalized spacial score (nSPS) is 13.6. The molecule has 26 heavy (non-hydrogen) atoms. The monoisotopic (exact) mass is 668 g/mol. The van der Waals surface area contributed by atoms with Gasteiger partial charge in [0.05, 0.1) is 0 Å². The summed E-state index contributed by atoms with van der Waals surface area (Å²) in [6.07, 6.45) is 7.10. The van der Waals surface area contributed by atoms with E-state index < -0.39 is 15.9 Å². The molecule has 0 N–H and O–H groups in total. The Balaban J connectivity index is -0.000000173. The molecule has 2 unspecified atom stereocenters. The summed E-state index contributed by atoms with van der Waals surface area (Å²) in [7, 11) is -8.56. The molecule has 0 aliphatic rings. The molecule has 0 saturated carbocycles. The van der Waals surface area contributed by atoms with E-state index in [2.05, 4.69) is 13.8 Å². The Morgan fingerprint density at radius 1 is 0.577 bits per heavy atom. The largest absolute Gasteiger partial charge is 3.00 e. The molecule has 0 aliphatic heterocycles. The second-order valence-electron chi connectivity index (χ2n) is 6.42. The molecule has 0 aliphatic carbocycles. The van der Waals surface area contributed by atoms with Gasteiger partial charge in [-0.05, 0) is 37.5 Å². The summed E-state index contributed by atoms with van der Waals surface area (Å²) in [6.45, 7) is 7.97. The third-order valence-electron chi connectivity index (χ3n) is 4.05. The Morgan fingerprint density at radius 3 is 1.00 bits per heavy atom. The van der Waals surface area contributed by atoms with Crippen LogP contribution in [-0.4, -0.2) is 12.3 Å². The summed E-state index contributed by atoms with van der Waals surface area (Å²) < 4.78 is 0. The van der Waals surface area contributed by atoms with E-state index in [0.29, 0.717) is 0 Å². The molecule has 0 aromatic heterocycles. The maximum Gasteiger partial charge on any atom is 3.00 e. The predicted molar refractivity (Wildman–Crippen MR) is 90.2 cm³/mol. The van der Waals surface area contributed by atoms with Crippen molar-refractivity contribution < 1.29 is 111 Å². The molecule has 150 valence electrons. The van der Waals surface area contributed by atoms with Crippen molar-refractivity contribution in [2.45, 2.75) is 79.1 Å². The number of rotatable bonds is 12. The third kappa shape index (κ3) is 29.5. The van der Waals surface area contributed by atoms with Crippen molar-refractivity contribution in [3.05, 3.63) is 0 Å². The quantitative estimate of drug-likeness (QED) is 0.270. The Morgan fingerprint density at radius 2 is 0.846 bits per heavy atom. The van der Waals surface area contributed by atoms with Gasteiger partial charge in [-0.25, -0.2) is 0 Å². The minimum absolute atomic E-state index is 0. The molecule has 0 saturated heterocycles. The van der Waals surface area contributed by atoms with E-state index in [0.717, 1.165) is 51.4 Å². The van der Waals surface area contributed by atoms with Crippen molar-refractivity contribution in [3.8, 4) is 0 Å². The van der Waals surface area contributed by atoms with E-state index in [9.17, 15) is 29.4 Å². The summed E-state index contributed by atoms with van der Waals surface area (Å²) in [5.74, 6) is 0.150. The minimum Gasteiger partial charge on any atom is -0.688 e. The van der Waals surface area contributed by atoms with Crippen LogP contribution < -0.4 is 29.4 Å². The standard InChI is InChI=1S/2C8H19O3P.2Nd/c2*1-3-5-6-8(4-2)7-12(9,10)11;;/h2*8H,3-7H2,1-2H3,(H2,9,10,11);;/q;;2*+3/p-4.